The quantitative estimate of drug-likeness (QED) is 0.445. The minimum Gasteiger partial charge on any atom is -0.489 e. The van der Waals surface area contributed by atoms with Gasteiger partial charge in [-0.3, -0.25) is 0 Å². The minimum atomic E-state index is -0.825. The molecule has 0 spiro atoms. The Morgan fingerprint density at radius 2 is 1.74 bits per heavy atom. The molecule has 1 unspecified atom stereocenters. The summed E-state index contributed by atoms with van der Waals surface area (Å²) in [4.78, 5) is 8.36. The standard InChI is InChI=1S/C25H21N3O3/c26-15-20-5-4-8-22(28-20)24-16-27-25(31-24)23(29)14-13-18-9-11-19(12-10-18)17-30-21-6-2-1-3-7-21/h1-12,16,23,29H,13-14,17H2. The van der Waals surface area contributed by atoms with Crippen LogP contribution in [0.5, 0.6) is 5.75 Å². The van der Waals surface area contributed by atoms with Crippen molar-refractivity contribution in [2.24, 2.45) is 0 Å². The largest absolute Gasteiger partial charge is 0.489 e. The van der Waals surface area contributed by atoms with Crippen LogP contribution in [0, 0.1) is 11.3 Å². The number of aryl methyl sites for hydroxylation is 1. The van der Waals surface area contributed by atoms with Gasteiger partial charge in [0.05, 0.1) is 6.20 Å². The van der Waals surface area contributed by atoms with Crippen LogP contribution < -0.4 is 4.74 Å². The summed E-state index contributed by atoms with van der Waals surface area (Å²) >= 11 is 0. The first-order chi connectivity index (χ1) is 15.2. The van der Waals surface area contributed by atoms with E-state index in [1.165, 1.54) is 6.20 Å². The SMILES string of the molecule is N#Cc1cccc(-c2cnc(C(O)CCc3ccc(COc4ccccc4)cc3)o2)n1. The summed E-state index contributed by atoms with van der Waals surface area (Å²) in [6.45, 7) is 0.507. The predicted molar refractivity (Wildman–Crippen MR) is 115 cm³/mol. The van der Waals surface area contributed by atoms with Crippen molar-refractivity contribution < 1.29 is 14.3 Å². The van der Waals surface area contributed by atoms with Crippen LogP contribution >= 0.6 is 0 Å². The average molecular weight is 411 g/mol. The highest BCUT2D eigenvalue weighted by Gasteiger charge is 2.16. The number of hydrogen-bond acceptors (Lipinski definition) is 6. The Morgan fingerprint density at radius 1 is 0.968 bits per heavy atom. The number of hydrogen-bond donors (Lipinski definition) is 1. The van der Waals surface area contributed by atoms with Crippen molar-refractivity contribution in [1.82, 2.24) is 9.97 Å². The summed E-state index contributed by atoms with van der Waals surface area (Å²) in [6.07, 6.45) is 1.85. The number of nitrogens with zero attached hydrogens (tertiary/aromatic N) is 3. The Bertz CT molecular complexity index is 1160. The molecule has 0 aliphatic carbocycles. The van der Waals surface area contributed by atoms with E-state index in [1.807, 2.05) is 60.7 Å². The highest BCUT2D eigenvalue weighted by molar-refractivity contribution is 5.51. The van der Waals surface area contributed by atoms with Gasteiger partial charge in [0.1, 0.15) is 35.9 Å². The van der Waals surface area contributed by atoms with E-state index < -0.39 is 6.10 Å². The van der Waals surface area contributed by atoms with Crippen LogP contribution in [0.3, 0.4) is 0 Å². The number of oxazole rings is 1. The summed E-state index contributed by atoms with van der Waals surface area (Å²) in [7, 11) is 0. The molecule has 0 bridgehead atoms. The summed E-state index contributed by atoms with van der Waals surface area (Å²) < 4.78 is 11.4. The van der Waals surface area contributed by atoms with Gasteiger partial charge in [0.15, 0.2) is 5.76 Å². The second kappa shape index (κ2) is 9.70. The molecular weight excluding hydrogens is 390 g/mol. The molecule has 2 aromatic carbocycles. The van der Waals surface area contributed by atoms with Gasteiger partial charge in [-0.25, -0.2) is 9.97 Å². The Balaban J connectivity index is 1.31. The van der Waals surface area contributed by atoms with Crippen molar-refractivity contribution in [3.8, 4) is 23.3 Å². The highest BCUT2D eigenvalue weighted by Crippen LogP contribution is 2.24. The van der Waals surface area contributed by atoms with Crippen molar-refractivity contribution in [2.45, 2.75) is 25.6 Å². The maximum Gasteiger partial charge on any atom is 0.223 e. The van der Waals surface area contributed by atoms with E-state index in [0.29, 0.717) is 36.6 Å². The van der Waals surface area contributed by atoms with Crippen LogP contribution in [-0.4, -0.2) is 15.1 Å². The Kier molecular flexibility index (Phi) is 6.36. The van der Waals surface area contributed by atoms with E-state index in [4.69, 9.17) is 14.4 Å². The molecule has 0 saturated carbocycles. The van der Waals surface area contributed by atoms with Crippen molar-refractivity contribution in [3.63, 3.8) is 0 Å². The van der Waals surface area contributed by atoms with Crippen LogP contribution in [0.25, 0.3) is 11.5 Å². The first-order valence-electron chi connectivity index (χ1n) is 9.98. The van der Waals surface area contributed by atoms with Crippen LogP contribution in [0.15, 0.2) is 83.4 Å². The Labute approximate surface area is 180 Å². The minimum absolute atomic E-state index is 0.243. The molecule has 0 fully saturated rings. The van der Waals surface area contributed by atoms with E-state index >= 15 is 0 Å². The number of para-hydroxylation sites is 1. The maximum atomic E-state index is 10.5. The molecular formula is C25H21N3O3. The monoisotopic (exact) mass is 411 g/mol. The fourth-order valence-corrected chi connectivity index (χ4v) is 3.11. The molecule has 2 heterocycles. The molecule has 31 heavy (non-hydrogen) atoms. The second-order valence-corrected chi connectivity index (χ2v) is 7.06. The summed E-state index contributed by atoms with van der Waals surface area (Å²) in [5.74, 6) is 1.51. The van der Waals surface area contributed by atoms with Gasteiger partial charge in [0.2, 0.25) is 5.89 Å². The third kappa shape index (κ3) is 5.35. The average Bonchev–Trinajstić information content (AvgIpc) is 3.33. The predicted octanol–water partition coefficient (Wildman–Crippen LogP) is 4.85. The Morgan fingerprint density at radius 3 is 2.52 bits per heavy atom. The fourth-order valence-electron chi connectivity index (χ4n) is 3.11. The number of aliphatic hydroxyl groups excluding tert-OH is 1. The van der Waals surface area contributed by atoms with Gasteiger partial charge in [-0.1, -0.05) is 48.5 Å². The lowest BCUT2D eigenvalue weighted by molar-refractivity contribution is 0.135. The zero-order valence-corrected chi connectivity index (χ0v) is 16.8. The van der Waals surface area contributed by atoms with E-state index in [9.17, 15) is 5.11 Å². The van der Waals surface area contributed by atoms with Gasteiger partial charge in [0.25, 0.3) is 0 Å². The normalized spacial score (nSPS) is 11.6. The molecule has 0 saturated heterocycles. The van der Waals surface area contributed by atoms with E-state index in [1.54, 1.807) is 18.2 Å². The molecule has 6 nitrogen and oxygen atoms in total. The first kappa shape index (κ1) is 20.3. The lowest BCUT2D eigenvalue weighted by atomic mass is 10.1. The fraction of sp³-hybridized carbons (Fsp3) is 0.160. The summed E-state index contributed by atoms with van der Waals surface area (Å²) in [5.41, 5.74) is 3.00. The molecule has 1 atom stereocenters. The topological polar surface area (TPSA) is 92.2 Å². The van der Waals surface area contributed by atoms with E-state index in [0.717, 1.165) is 16.9 Å². The first-order valence-corrected chi connectivity index (χ1v) is 9.98. The third-order valence-corrected chi connectivity index (χ3v) is 4.80. The molecule has 6 heteroatoms. The van der Waals surface area contributed by atoms with Gasteiger partial charge in [-0.05, 0) is 48.2 Å². The van der Waals surface area contributed by atoms with Crippen LogP contribution in [0.4, 0.5) is 0 Å². The van der Waals surface area contributed by atoms with Gasteiger partial charge in [-0.2, -0.15) is 5.26 Å². The lowest BCUT2D eigenvalue weighted by Crippen LogP contribution is -2.00. The van der Waals surface area contributed by atoms with Crippen molar-refractivity contribution >= 4 is 0 Å². The molecule has 0 amide bonds. The number of aliphatic hydroxyl groups is 1. The van der Waals surface area contributed by atoms with Crippen LogP contribution in [-0.2, 0) is 13.0 Å². The smallest absolute Gasteiger partial charge is 0.223 e. The summed E-state index contributed by atoms with van der Waals surface area (Å²) in [6, 6.07) is 24.9. The molecule has 0 aliphatic rings. The molecule has 0 radical (unpaired) electrons. The van der Waals surface area contributed by atoms with Gasteiger partial charge >= 0.3 is 0 Å². The number of nitriles is 1. The van der Waals surface area contributed by atoms with Crippen molar-refractivity contribution in [3.05, 3.63) is 102 Å². The molecule has 4 aromatic rings. The number of benzene rings is 2. The number of pyridine rings is 1. The van der Waals surface area contributed by atoms with Crippen LogP contribution in [0.2, 0.25) is 0 Å². The molecule has 154 valence electrons. The summed E-state index contributed by atoms with van der Waals surface area (Å²) in [5, 5.41) is 19.4. The highest BCUT2D eigenvalue weighted by atomic mass is 16.5. The lowest BCUT2D eigenvalue weighted by Gasteiger charge is -2.09. The van der Waals surface area contributed by atoms with Gasteiger partial charge in [0, 0.05) is 0 Å². The Hall–Kier alpha value is -3.95. The molecule has 2 aromatic heterocycles. The molecule has 4 rings (SSSR count). The zero-order chi connectivity index (χ0) is 21.5. The van der Waals surface area contributed by atoms with Crippen molar-refractivity contribution in [2.75, 3.05) is 0 Å². The van der Waals surface area contributed by atoms with Gasteiger partial charge < -0.3 is 14.3 Å². The second-order valence-electron chi connectivity index (χ2n) is 7.06. The maximum absolute atomic E-state index is 10.5. The molecule has 1 N–H and O–H groups in total. The van der Waals surface area contributed by atoms with Gasteiger partial charge in [-0.15, -0.1) is 0 Å². The van der Waals surface area contributed by atoms with Crippen LogP contribution in [0.1, 0.15) is 35.2 Å². The van der Waals surface area contributed by atoms with Crippen molar-refractivity contribution in [1.29, 1.82) is 5.26 Å². The zero-order valence-electron chi connectivity index (χ0n) is 16.8. The molecule has 0 aliphatic heterocycles. The number of ether oxygens (including phenoxy) is 1. The number of rotatable bonds is 8. The third-order valence-electron chi connectivity index (χ3n) is 4.80. The van der Waals surface area contributed by atoms with E-state index in [2.05, 4.69) is 9.97 Å². The van der Waals surface area contributed by atoms with E-state index in [-0.39, 0.29) is 5.89 Å². The number of aromatic nitrogens is 2.